The van der Waals surface area contributed by atoms with Gasteiger partial charge in [0.05, 0.1) is 10.8 Å². The largest absolute Gasteiger partial charge is 0.484 e. The van der Waals surface area contributed by atoms with Crippen LogP contribution in [0.25, 0.3) is 0 Å². The van der Waals surface area contributed by atoms with Crippen LogP contribution in [0, 0.1) is 0 Å². The molecule has 0 aliphatic heterocycles. The molecule has 0 unspecified atom stereocenters. The molecule has 0 saturated heterocycles. The van der Waals surface area contributed by atoms with E-state index in [1.807, 2.05) is 37.5 Å². The normalized spacial score (nSPS) is 13.8. The minimum absolute atomic E-state index is 0.0633. The Labute approximate surface area is 178 Å². The molecule has 1 aromatic heterocycles. The maximum Gasteiger partial charge on any atom is 0.321 e. The molecular weight excluding hydrogens is 414 g/mol. The fraction of sp³-hybridized carbons (Fsp3) is 0.474. The summed E-state index contributed by atoms with van der Waals surface area (Å²) in [4.78, 5) is 23.9. The van der Waals surface area contributed by atoms with Crippen LogP contribution in [0.3, 0.4) is 0 Å². The summed E-state index contributed by atoms with van der Waals surface area (Å²) in [6.07, 6.45) is 2.07. The average Bonchev–Trinajstić information content (AvgIpc) is 3.38. The summed E-state index contributed by atoms with van der Waals surface area (Å²) >= 11 is 7.37. The molecule has 1 aliphatic rings. The minimum Gasteiger partial charge on any atom is -0.484 e. The maximum absolute atomic E-state index is 12.1. The summed E-state index contributed by atoms with van der Waals surface area (Å²) < 4.78 is 7.79. The van der Waals surface area contributed by atoms with Crippen molar-refractivity contribution in [3.8, 4) is 5.75 Å². The van der Waals surface area contributed by atoms with Gasteiger partial charge in [-0.2, -0.15) is 0 Å². The van der Waals surface area contributed by atoms with Gasteiger partial charge in [-0.25, -0.2) is 4.79 Å². The molecule has 0 atom stereocenters. The maximum atomic E-state index is 12.1. The van der Waals surface area contributed by atoms with E-state index >= 15 is 0 Å². The Balaban J connectivity index is 1.58. The molecule has 10 heteroatoms. The number of hydrogen-bond donors (Lipinski definition) is 2. The Morgan fingerprint density at radius 3 is 2.66 bits per heavy atom. The predicted octanol–water partition coefficient (Wildman–Crippen LogP) is 3.56. The van der Waals surface area contributed by atoms with Gasteiger partial charge < -0.3 is 10.1 Å². The number of rotatable bonds is 7. The third kappa shape index (κ3) is 6.37. The summed E-state index contributed by atoms with van der Waals surface area (Å²) in [5, 5.41) is 14.6. The van der Waals surface area contributed by atoms with Crippen molar-refractivity contribution in [1.82, 2.24) is 25.4 Å². The number of amides is 3. The molecule has 8 nitrogen and oxygen atoms in total. The van der Waals surface area contributed by atoms with Gasteiger partial charge in [0, 0.05) is 11.6 Å². The lowest BCUT2D eigenvalue weighted by molar-refractivity contribution is -0.117. The number of urea groups is 1. The van der Waals surface area contributed by atoms with Crippen molar-refractivity contribution in [2.45, 2.75) is 57.0 Å². The Kier molecular flexibility index (Phi) is 6.69. The van der Waals surface area contributed by atoms with E-state index in [-0.39, 0.29) is 12.4 Å². The highest BCUT2D eigenvalue weighted by Crippen LogP contribution is 2.39. The monoisotopic (exact) mass is 437 g/mol. The van der Waals surface area contributed by atoms with Crippen LogP contribution in [0.15, 0.2) is 29.4 Å². The van der Waals surface area contributed by atoms with Crippen LogP contribution in [0.1, 0.15) is 45.5 Å². The molecule has 1 aliphatic carbocycles. The SMILES string of the molecule is CC(C)(C)NC(=O)NC(=O)CSc1nnc(COc2ccccc2Cl)n1C1CC1. The Morgan fingerprint density at radius 2 is 2.00 bits per heavy atom. The zero-order valence-corrected chi connectivity index (χ0v) is 18.1. The van der Waals surface area contributed by atoms with Gasteiger partial charge in [-0.1, -0.05) is 35.5 Å². The zero-order valence-electron chi connectivity index (χ0n) is 16.6. The minimum atomic E-state index is -0.513. The van der Waals surface area contributed by atoms with Gasteiger partial charge in [-0.05, 0) is 45.7 Å². The number of nitrogens with zero attached hydrogens (tertiary/aromatic N) is 3. The van der Waals surface area contributed by atoms with E-state index in [1.165, 1.54) is 11.8 Å². The number of carbonyl (C=O) groups is 2. The number of nitrogens with one attached hydrogen (secondary N) is 2. The Hall–Kier alpha value is -2.26. The second-order valence-electron chi connectivity index (χ2n) is 7.76. The van der Waals surface area contributed by atoms with Crippen molar-refractivity contribution in [3.63, 3.8) is 0 Å². The van der Waals surface area contributed by atoms with Crippen LogP contribution in [0.4, 0.5) is 4.79 Å². The van der Waals surface area contributed by atoms with Gasteiger partial charge in [-0.3, -0.25) is 14.7 Å². The number of aromatic nitrogens is 3. The molecule has 1 saturated carbocycles. The molecule has 156 valence electrons. The Bertz CT molecular complexity index is 892. The van der Waals surface area contributed by atoms with Gasteiger partial charge >= 0.3 is 6.03 Å². The highest BCUT2D eigenvalue weighted by Gasteiger charge is 2.30. The molecule has 2 N–H and O–H groups in total. The lowest BCUT2D eigenvalue weighted by Crippen LogP contribution is -2.48. The first-order chi connectivity index (χ1) is 13.7. The first-order valence-corrected chi connectivity index (χ1v) is 10.6. The van der Waals surface area contributed by atoms with Crippen LogP contribution >= 0.6 is 23.4 Å². The number of carbonyl (C=O) groups excluding carboxylic acids is 2. The highest BCUT2D eigenvalue weighted by molar-refractivity contribution is 7.99. The first kappa shape index (κ1) is 21.4. The highest BCUT2D eigenvalue weighted by atomic mass is 35.5. The quantitative estimate of drug-likeness (QED) is 0.642. The topological polar surface area (TPSA) is 98.1 Å². The third-order valence-corrected chi connectivity index (χ3v) is 5.17. The zero-order chi connectivity index (χ0) is 21.0. The van der Waals surface area contributed by atoms with Crippen molar-refractivity contribution in [2.75, 3.05) is 5.75 Å². The van der Waals surface area contributed by atoms with Crippen LogP contribution in [-0.4, -0.2) is 38.0 Å². The van der Waals surface area contributed by atoms with Crippen molar-refractivity contribution < 1.29 is 14.3 Å². The smallest absolute Gasteiger partial charge is 0.321 e. The summed E-state index contributed by atoms with van der Waals surface area (Å²) in [5.74, 6) is 0.933. The van der Waals surface area contributed by atoms with Gasteiger partial charge in [0.15, 0.2) is 11.0 Å². The van der Waals surface area contributed by atoms with E-state index in [2.05, 4.69) is 20.8 Å². The lowest BCUT2D eigenvalue weighted by Gasteiger charge is -2.20. The summed E-state index contributed by atoms with van der Waals surface area (Å²) in [6.45, 7) is 5.76. The molecule has 1 fully saturated rings. The summed E-state index contributed by atoms with van der Waals surface area (Å²) in [7, 11) is 0. The van der Waals surface area contributed by atoms with Crippen LogP contribution < -0.4 is 15.4 Å². The second kappa shape index (κ2) is 9.04. The summed E-state index contributed by atoms with van der Waals surface area (Å²) in [5.41, 5.74) is -0.416. The first-order valence-electron chi connectivity index (χ1n) is 9.29. The number of ether oxygens (including phenoxy) is 1. The van der Waals surface area contributed by atoms with E-state index in [1.54, 1.807) is 12.1 Å². The molecule has 1 heterocycles. The van der Waals surface area contributed by atoms with E-state index in [4.69, 9.17) is 16.3 Å². The van der Waals surface area contributed by atoms with Gasteiger partial charge in [-0.15, -0.1) is 10.2 Å². The molecule has 1 aromatic carbocycles. The van der Waals surface area contributed by atoms with Crippen LogP contribution in [0.2, 0.25) is 5.02 Å². The standard InChI is InChI=1S/C19H24ClN5O3S/c1-19(2,3)22-17(27)21-16(26)11-29-18-24-23-15(25(18)12-8-9-12)10-28-14-7-5-4-6-13(14)20/h4-7,12H,8-11H2,1-3H3,(H2,21,22,26,27). The van der Waals surface area contributed by atoms with Gasteiger partial charge in [0.1, 0.15) is 12.4 Å². The number of benzene rings is 1. The number of para-hydroxylation sites is 1. The molecule has 0 radical (unpaired) electrons. The van der Waals surface area contributed by atoms with Gasteiger partial charge in [0.25, 0.3) is 0 Å². The molecular formula is C19H24ClN5O3S. The molecule has 29 heavy (non-hydrogen) atoms. The van der Waals surface area contributed by atoms with E-state index in [0.717, 1.165) is 12.8 Å². The number of hydrogen-bond acceptors (Lipinski definition) is 6. The van der Waals surface area contributed by atoms with Gasteiger partial charge in [0.2, 0.25) is 5.91 Å². The van der Waals surface area contributed by atoms with E-state index < -0.39 is 17.5 Å². The fourth-order valence-electron chi connectivity index (χ4n) is 2.57. The van der Waals surface area contributed by atoms with Crippen LogP contribution in [0.5, 0.6) is 5.75 Å². The lowest BCUT2D eigenvalue weighted by atomic mass is 10.1. The van der Waals surface area contributed by atoms with Crippen LogP contribution in [-0.2, 0) is 11.4 Å². The summed E-state index contributed by atoms with van der Waals surface area (Å²) in [6, 6.07) is 7.04. The average molecular weight is 438 g/mol. The second-order valence-corrected chi connectivity index (χ2v) is 9.11. The number of thioether (sulfide) groups is 1. The number of halogens is 1. The third-order valence-electron chi connectivity index (χ3n) is 3.91. The van der Waals surface area contributed by atoms with E-state index in [0.29, 0.717) is 27.8 Å². The predicted molar refractivity (Wildman–Crippen MR) is 111 cm³/mol. The molecule has 2 aromatic rings. The van der Waals surface area contributed by atoms with Crippen molar-refractivity contribution in [1.29, 1.82) is 0 Å². The number of imide groups is 1. The Morgan fingerprint density at radius 1 is 1.28 bits per heavy atom. The molecule has 3 amide bonds. The molecule has 0 bridgehead atoms. The van der Waals surface area contributed by atoms with E-state index in [9.17, 15) is 9.59 Å². The molecule has 0 spiro atoms. The van der Waals surface area contributed by atoms with Crippen molar-refractivity contribution in [2.24, 2.45) is 0 Å². The van der Waals surface area contributed by atoms with Crippen molar-refractivity contribution >= 4 is 35.3 Å². The van der Waals surface area contributed by atoms with Crippen molar-refractivity contribution in [3.05, 3.63) is 35.1 Å². The molecule has 3 rings (SSSR count). The fourth-order valence-corrected chi connectivity index (χ4v) is 3.59.